The summed E-state index contributed by atoms with van der Waals surface area (Å²) < 4.78 is 0. The summed E-state index contributed by atoms with van der Waals surface area (Å²) in [5, 5.41) is 8.35. The van der Waals surface area contributed by atoms with Crippen LogP contribution in [-0.4, -0.2) is 23.3 Å². The minimum absolute atomic E-state index is 0.0525. The Morgan fingerprint density at radius 1 is 1.17 bits per heavy atom. The lowest BCUT2D eigenvalue weighted by Crippen LogP contribution is -2.07. The predicted molar refractivity (Wildman–Crippen MR) is 45.8 cm³/mol. The third-order valence-corrected chi connectivity index (χ3v) is 1.49. The number of aliphatic hydroxyl groups excluding tert-OH is 1. The fourth-order valence-corrected chi connectivity index (χ4v) is 0.746. The van der Waals surface area contributed by atoms with E-state index in [9.17, 15) is 9.59 Å². The molecule has 0 saturated heterocycles. The lowest BCUT2D eigenvalue weighted by Gasteiger charge is -1.96. The normalized spacial score (nSPS) is 9.42. The molecule has 0 radical (unpaired) electrons. The molecule has 0 unspecified atom stereocenters. The van der Waals surface area contributed by atoms with E-state index in [0.29, 0.717) is 12.8 Å². The number of aliphatic hydroxyl groups is 1. The van der Waals surface area contributed by atoms with E-state index in [1.807, 2.05) is 0 Å². The van der Waals surface area contributed by atoms with E-state index in [2.05, 4.69) is 6.58 Å². The fraction of sp³-hybridized carbons (Fsp3) is 0.556. The van der Waals surface area contributed by atoms with Crippen LogP contribution in [0.15, 0.2) is 12.7 Å². The standard InChI is InChI=1S/C9H14O3/c1-2-3-4-8(11)5-6-9(12)7-10/h2,10H,1,3-7H2. The van der Waals surface area contributed by atoms with Gasteiger partial charge in [0.05, 0.1) is 0 Å². The molecule has 1 N–H and O–H groups in total. The van der Waals surface area contributed by atoms with Crippen molar-refractivity contribution >= 4 is 11.6 Å². The zero-order valence-corrected chi connectivity index (χ0v) is 7.08. The number of hydrogen-bond donors (Lipinski definition) is 1. The summed E-state index contributed by atoms with van der Waals surface area (Å²) in [4.78, 5) is 21.5. The molecule has 0 aromatic heterocycles. The zero-order valence-electron chi connectivity index (χ0n) is 7.08. The van der Waals surface area contributed by atoms with Crippen molar-refractivity contribution in [1.82, 2.24) is 0 Å². The zero-order chi connectivity index (χ0) is 9.40. The molecule has 3 heteroatoms. The fourth-order valence-electron chi connectivity index (χ4n) is 0.746. The number of Topliss-reactive ketones (excluding diaryl/α,β-unsaturated/α-hetero) is 2. The van der Waals surface area contributed by atoms with E-state index in [1.54, 1.807) is 6.08 Å². The number of ketones is 2. The highest BCUT2D eigenvalue weighted by molar-refractivity contribution is 5.86. The molecule has 0 saturated carbocycles. The van der Waals surface area contributed by atoms with Crippen molar-refractivity contribution < 1.29 is 14.7 Å². The molecule has 0 aliphatic rings. The van der Waals surface area contributed by atoms with Crippen molar-refractivity contribution in [2.75, 3.05) is 6.61 Å². The van der Waals surface area contributed by atoms with Crippen LogP contribution in [0, 0.1) is 0 Å². The molecular weight excluding hydrogens is 156 g/mol. The minimum atomic E-state index is -0.464. The summed E-state index contributed by atoms with van der Waals surface area (Å²) in [6, 6.07) is 0. The minimum Gasteiger partial charge on any atom is -0.389 e. The summed E-state index contributed by atoms with van der Waals surface area (Å²) in [7, 11) is 0. The van der Waals surface area contributed by atoms with Crippen LogP contribution in [-0.2, 0) is 9.59 Å². The highest BCUT2D eigenvalue weighted by Crippen LogP contribution is 1.99. The Morgan fingerprint density at radius 2 is 1.75 bits per heavy atom. The van der Waals surface area contributed by atoms with Gasteiger partial charge in [-0.15, -0.1) is 6.58 Å². The number of carbonyl (C=O) groups excluding carboxylic acids is 2. The quantitative estimate of drug-likeness (QED) is 0.576. The van der Waals surface area contributed by atoms with Crippen molar-refractivity contribution in [3.05, 3.63) is 12.7 Å². The van der Waals surface area contributed by atoms with Gasteiger partial charge < -0.3 is 5.11 Å². The molecule has 0 aromatic carbocycles. The van der Waals surface area contributed by atoms with Crippen LogP contribution >= 0.6 is 0 Å². The van der Waals surface area contributed by atoms with Crippen LogP contribution in [0.4, 0.5) is 0 Å². The molecule has 0 aliphatic heterocycles. The second kappa shape index (κ2) is 6.73. The monoisotopic (exact) mass is 170 g/mol. The van der Waals surface area contributed by atoms with Crippen LogP contribution in [0.25, 0.3) is 0 Å². The molecular formula is C9H14O3. The van der Waals surface area contributed by atoms with E-state index < -0.39 is 6.61 Å². The van der Waals surface area contributed by atoms with Crippen LogP contribution in [0.3, 0.4) is 0 Å². The van der Waals surface area contributed by atoms with E-state index in [-0.39, 0.29) is 24.4 Å². The van der Waals surface area contributed by atoms with Crippen LogP contribution < -0.4 is 0 Å². The molecule has 0 aromatic rings. The van der Waals surface area contributed by atoms with Gasteiger partial charge in [0.2, 0.25) is 0 Å². The largest absolute Gasteiger partial charge is 0.389 e. The number of allylic oxidation sites excluding steroid dienone is 1. The van der Waals surface area contributed by atoms with Crippen LogP contribution in [0.2, 0.25) is 0 Å². The molecule has 0 aliphatic carbocycles. The van der Waals surface area contributed by atoms with Crippen LogP contribution in [0.1, 0.15) is 25.7 Å². The van der Waals surface area contributed by atoms with E-state index in [1.165, 1.54) is 0 Å². The Hall–Kier alpha value is -0.960. The Morgan fingerprint density at radius 3 is 2.25 bits per heavy atom. The molecule has 0 amide bonds. The summed E-state index contributed by atoms with van der Waals surface area (Å²) >= 11 is 0. The number of carbonyl (C=O) groups is 2. The van der Waals surface area contributed by atoms with Gasteiger partial charge in [-0.05, 0) is 6.42 Å². The topological polar surface area (TPSA) is 54.4 Å². The first-order valence-corrected chi connectivity index (χ1v) is 3.96. The predicted octanol–water partition coefficient (Wildman–Crippen LogP) is 0.863. The Kier molecular flexibility index (Phi) is 6.19. The molecule has 0 atom stereocenters. The molecule has 12 heavy (non-hydrogen) atoms. The van der Waals surface area contributed by atoms with Gasteiger partial charge in [-0.2, -0.15) is 0 Å². The SMILES string of the molecule is C=CCCC(=O)CCC(=O)CO. The maximum absolute atomic E-state index is 10.9. The molecule has 68 valence electrons. The second-order valence-corrected chi connectivity index (χ2v) is 2.56. The van der Waals surface area contributed by atoms with Crippen molar-refractivity contribution in [1.29, 1.82) is 0 Å². The van der Waals surface area contributed by atoms with Gasteiger partial charge in [0, 0.05) is 19.3 Å². The van der Waals surface area contributed by atoms with E-state index >= 15 is 0 Å². The number of hydrogen-bond acceptors (Lipinski definition) is 3. The lowest BCUT2D eigenvalue weighted by molar-refractivity contribution is -0.125. The molecule has 0 fully saturated rings. The molecule has 0 heterocycles. The van der Waals surface area contributed by atoms with Gasteiger partial charge in [0.15, 0.2) is 5.78 Å². The maximum Gasteiger partial charge on any atom is 0.158 e. The second-order valence-electron chi connectivity index (χ2n) is 2.56. The first-order valence-electron chi connectivity index (χ1n) is 3.96. The smallest absolute Gasteiger partial charge is 0.158 e. The van der Waals surface area contributed by atoms with Gasteiger partial charge >= 0.3 is 0 Å². The van der Waals surface area contributed by atoms with Crippen molar-refractivity contribution in [2.24, 2.45) is 0 Å². The third-order valence-electron chi connectivity index (χ3n) is 1.49. The van der Waals surface area contributed by atoms with Gasteiger partial charge in [0.25, 0.3) is 0 Å². The van der Waals surface area contributed by atoms with Crippen molar-refractivity contribution in [2.45, 2.75) is 25.7 Å². The molecule has 3 nitrogen and oxygen atoms in total. The summed E-state index contributed by atoms with van der Waals surface area (Å²) in [5.74, 6) is -0.223. The summed E-state index contributed by atoms with van der Waals surface area (Å²) in [6.07, 6.45) is 3.18. The Bertz CT molecular complexity index is 173. The lowest BCUT2D eigenvalue weighted by atomic mass is 10.1. The average Bonchev–Trinajstić information content (AvgIpc) is 2.10. The average molecular weight is 170 g/mol. The van der Waals surface area contributed by atoms with E-state index in [4.69, 9.17) is 5.11 Å². The highest BCUT2D eigenvalue weighted by atomic mass is 16.3. The molecule has 0 bridgehead atoms. The van der Waals surface area contributed by atoms with Crippen molar-refractivity contribution in [3.63, 3.8) is 0 Å². The molecule has 0 spiro atoms. The third kappa shape index (κ3) is 5.80. The molecule has 0 rings (SSSR count). The Labute approximate surface area is 72.1 Å². The van der Waals surface area contributed by atoms with Gasteiger partial charge in [-0.3, -0.25) is 9.59 Å². The Balaban J connectivity index is 3.43. The van der Waals surface area contributed by atoms with E-state index in [0.717, 1.165) is 0 Å². The maximum atomic E-state index is 10.9. The van der Waals surface area contributed by atoms with Gasteiger partial charge in [0.1, 0.15) is 12.4 Å². The summed E-state index contributed by atoms with van der Waals surface area (Å²) in [6.45, 7) is 3.02. The summed E-state index contributed by atoms with van der Waals surface area (Å²) in [5.41, 5.74) is 0. The van der Waals surface area contributed by atoms with Crippen LogP contribution in [0.5, 0.6) is 0 Å². The first-order chi connectivity index (χ1) is 5.70. The van der Waals surface area contributed by atoms with Crippen molar-refractivity contribution in [3.8, 4) is 0 Å². The highest BCUT2D eigenvalue weighted by Gasteiger charge is 2.04. The first kappa shape index (κ1) is 11.0. The number of rotatable bonds is 7. The van der Waals surface area contributed by atoms with Gasteiger partial charge in [-0.25, -0.2) is 0 Å². The van der Waals surface area contributed by atoms with Gasteiger partial charge in [-0.1, -0.05) is 6.08 Å².